The van der Waals surface area contributed by atoms with Crippen LogP contribution in [0.15, 0.2) is 70.1 Å². The summed E-state index contributed by atoms with van der Waals surface area (Å²) in [4.78, 5) is 47.9. The second kappa shape index (κ2) is 9.18. The monoisotopic (exact) mass is 590 g/mol. The lowest BCUT2D eigenvalue weighted by atomic mass is 9.84. The Morgan fingerprint density at radius 1 is 1.12 bits per heavy atom. The maximum absolute atomic E-state index is 13.8. The Labute approximate surface area is 252 Å². The molecule has 1 spiro atoms. The number of carbonyl (C=O) groups excluding carboxylic acids is 3. The number of amides is 2. The Hall–Kier alpha value is -4.63. The summed E-state index contributed by atoms with van der Waals surface area (Å²) in [5.74, 6) is 0.0824. The number of rotatable bonds is 6. The number of hydrogen-bond acceptors (Lipinski definition) is 6. The molecule has 4 heterocycles. The number of thiophene rings is 1. The zero-order valence-electron chi connectivity index (χ0n) is 24.1. The van der Waals surface area contributed by atoms with Gasteiger partial charge < -0.3 is 24.5 Å². The minimum Gasteiger partial charge on any atom is -0.451 e. The van der Waals surface area contributed by atoms with E-state index in [2.05, 4.69) is 41.4 Å². The van der Waals surface area contributed by atoms with Gasteiger partial charge in [-0.2, -0.15) is 0 Å². The second-order valence-electron chi connectivity index (χ2n) is 11.7. The van der Waals surface area contributed by atoms with E-state index >= 15 is 0 Å². The third kappa shape index (κ3) is 3.77. The third-order valence-electron chi connectivity index (χ3n) is 9.38. The summed E-state index contributed by atoms with van der Waals surface area (Å²) < 4.78 is 5.92. The van der Waals surface area contributed by atoms with E-state index in [0.717, 1.165) is 63.2 Å². The number of benzene rings is 2. The predicted octanol–water partition coefficient (Wildman–Crippen LogP) is 6.88. The predicted molar refractivity (Wildman–Crippen MR) is 168 cm³/mol. The van der Waals surface area contributed by atoms with Crippen molar-refractivity contribution < 1.29 is 18.8 Å². The standard InChI is InChI=1S/C34H30N4O4S/c1-4-37(5-2)23-8-6-19-12-28(42-27(19)13-23)32(40)35-22-7-9-24-20(10-22)11-25(36-24)33(41)38-16-21-15-34(21)29(38)14-26(39)31-30(34)18(3)17-43-31/h6-14,17,21,36H,4-5,15-16H2,1-3H3,(H,35,40). The molecule has 0 radical (unpaired) electrons. The van der Waals surface area contributed by atoms with Crippen LogP contribution in [0.5, 0.6) is 0 Å². The van der Waals surface area contributed by atoms with Crippen LogP contribution in [-0.2, 0) is 5.41 Å². The van der Waals surface area contributed by atoms with Crippen LogP contribution in [0.4, 0.5) is 11.4 Å². The van der Waals surface area contributed by atoms with Gasteiger partial charge in [0.05, 0.1) is 4.88 Å². The molecule has 5 aromatic rings. The first-order chi connectivity index (χ1) is 20.8. The van der Waals surface area contributed by atoms with Crippen molar-refractivity contribution in [1.82, 2.24) is 9.88 Å². The number of aryl methyl sites for hydroxylation is 1. The molecule has 216 valence electrons. The van der Waals surface area contributed by atoms with Gasteiger partial charge in [0.1, 0.15) is 11.3 Å². The maximum atomic E-state index is 13.8. The van der Waals surface area contributed by atoms with Crippen molar-refractivity contribution in [3.63, 3.8) is 0 Å². The van der Waals surface area contributed by atoms with Gasteiger partial charge in [0.15, 0.2) is 11.5 Å². The van der Waals surface area contributed by atoms with Gasteiger partial charge >= 0.3 is 0 Å². The lowest BCUT2D eigenvalue weighted by Gasteiger charge is -2.28. The molecular formula is C34H30N4O4S. The number of nitrogens with zero attached hydrogens (tertiary/aromatic N) is 2. The highest BCUT2D eigenvalue weighted by Gasteiger charge is 2.68. The van der Waals surface area contributed by atoms with Gasteiger partial charge in [-0.1, -0.05) is 0 Å². The molecular weight excluding hydrogens is 560 g/mol. The highest BCUT2D eigenvalue weighted by atomic mass is 32.1. The van der Waals surface area contributed by atoms with Crippen LogP contribution >= 0.6 is 11.3 Å². The topological polar surface area (TPSA) is 98.6 Å². The number of likely N-dealkylation sites (tertiary alicyclic amines) is 1. The Bertz CT molecular complexity index is 2040. The Morgan fingerprint density at radius 2 is 1.95 bits per heavy atom. The molecule has 1 saturated carbocycles. The molecule has 2 amide bonds. The van der Waals surface area contributed by atoms with Crippen LogP contribution in [-0.4, -0.2) is 47.1 Å². The van der Waals surface area contributed by atoms with E-state index < -0.39 is 0 Å². The van der Waals surface area contributed by atoms with Crippen LogP contribution in [0.1, 0.15) is 62.1 Å². The summed E-state index contributed by atoms with van der Waals surface area (Å²) in [5, 5.41) is 6.66. The minimum absolute atomic E-state index is 0.00936. The molecule has 2 unspecified atom stereocenters. The van der Waals surface area contributed by atoms with Gasteiger partial charge in [0, 0.05) is 70.6 Å². The summed E-state index contributed by atoms with van der Waals surface area (Å²) in [6.45, 7) is 8.66. The number of allylic oxidation sites excluding steroid dienone is 2. The fraction of sp³-hybridized carbons (Fsp3) is 0.265. The number of aromatic amines is 1. The summed E-state index contributed by atoms with van der Waals surface area (Å²) in [5.41, 5.74) is 6.48. The number of furan rings is 1. The molecule has 1 aliphatic heterocycles. The van der Waals surface area contributed by atoms with Crippen molar-refractivity contribution in [1.29, 1.82) is 0 Å². The number of ketones is 1. The van der Waals surface area contributed by atoms with Crippen LogP contribution in [0, 0.1) is 12.8 Å². The third-order valence-corrected chi connectivity index (χ3v) is 10.5. The molecule has 8 nitrogen and oxygen atoms in total. The molecule has 2 N–H and O–H groups in total. The number of carbonyl (C=O) groups is 3. The van der Waals surface area contributed by atoms with Crippen LogP contribution in [0.25, 0.3) is 21.9 Å². The van der Waals surface area contributed by atoms with Crippen LogP contribution in [0.3, 0.4) is 0 Å². The van der Waals surface area contributed by atoms with Crippen molar-refractivity contribution in [3.8, 4) is 0 Å². The molecule has 43 heavy (non-hydrogen) atoms. The van der Waals surface area contributed by atoms with Crippen molar-refractivity contribution in [2.75, 3.05) is 29.9 Å². The van der Waals surface area contributed by atoms with Gasteiger partial charge in [0.2, 0.25) is 0 Å². The summed E-state index contributed by atoms with van der Waals surface area (Å²) in [6.07, 6.45) is 2.67. The Balaban J connectivity index is 1.03. The van der Waals surface area contributed by atoms with Crippen molar-refractivity contribution in [2.24, 2.45) is 5.92 Å². The second-order valence-corrected chi connectivity index (χ2v) is 12.6. The zero-order chi connectivity index (χ0) is 29.6. The van der Waals surface area contributed by atoms with Gasteiger partial charge in [-0.25, -0.2) is 0 Å². The molecule has 2 fully saturated rings. The number of hydrogen-bond donors (Lipinski definition) is 2. The van der Waals surface area contributed by atoms with E-state index in [1.807, 2.05) is 36.4 Å². The number of piperidine rings is 1. The number of fused-ring (bicyclic) bond motifs is 3. The van der Waals surface area contributed by atoms with E-state index in [-0.39, 0.29) is 28.8 Å². The van der Waals surface area contributed by atoms with Crippen LogP contribution in [0.2, 0.25) is 0 Å². The highest BCUT2D eigenvalue weighted by molar-refractivity contribution is 7.12. The summed E-state index contributed by atoms with van der Waals surface area (Å²) in [7, 11) is 0. The first kappa shape index (κ1) is 26.0. The van der Waals surface area contributed by atoms with Gasteiger partial charge in [-0.15, -0.1) is 11.3 Å². The van der Waals surface area contributed by atoms with Crippen molar-refractivity contribution in [3.05, 3.63) is 93.1 Å². The van der Waals surface area contributed by atoms with Gasteiger partial charge in [-0.05, 0) is 92.1 Å². The zero-order valence-corrected chi connectivity index (χ0v) is 24.9. The molecule has 2 aromatic carbocycles. The number of anilines is 2. The molecule has 1 saturated heterocycles. The molecule has 9 heteroatoms. The fourth-order valence-electron chi connectivity index (χ4n) is 7.21. The molecule has 8 rings (SSSR count). The maximum Gasteiger partial charge on any atom is 0.291 e. The highest BCUT2D eigenvalue weighted by Crippen LogP contribution is 2.68. The average Bonchev–Trinajstić information content (AvgIpc) is 3.45. The summed E-state index contributed by atoms with van der Waals surface area (Å²) in [6, 6.07) is 15.0. The van der Waals surface area contributed by atoms with E-state index in [1.54, 1.807) is 23.1 Å². The minimum atomic E-state index is -0.342. The van der Waals surface area contributed by atoms with E-state index in [0.29, 0.717) is 29.4 Å². The normalized spacial score (nSPS) is 20.2. The average molecular weight is 591 g/mol. The fourth-order valence-corrected chi connectivity index (χ4v) is 8.26. The van der Waals surface area contributed by atoms with Gasteiger partial charge in [0.25, 0.3) is 11.8 Å². The number of nitrogens with one attached hydrogen (secondary N) is 2. The quantitative estimate of drug-likeness (QED) is 0.225. The number of aromatic nitrogens is 1. The van der Waals surface area contributed by atoms with Gasteiger partial charge in [-0.3, -0.25) is 14.4 Å². The molecule has 0 bridgehead atoms. The first-order valence-electron chi connectivity index (χ1n) is 14.7. The van der Waals surface area contributed by atoms with E-state index in [4.69, 9.17) is 4.42 Å². The lowest BCUT2D eigenvalue weighted by Crippen LogP contribution is -2.33. The Kier molecular flexibility index (Phi) is 5.56. The van der Waals surface area contributed by atoms with Crippen molar-refractivity contribution in [2.45, 2.75) is 32.6 Å². The van der Waals surface area contributed by atoms with E-state index in [1.165, 1.54) is 11.3 Å². The molecule has 2 aliphatic carbocycles. The molecule has 2 atom stereocenters. The molecule has 3 aromatic heterocycles. The smallest absolute Gasteiger partial charge is 0.291 e. The lowest BCUT2D eigenvalue weighted by molar-refractivity contribution is 0.0806. The summed E-state index contributed by atoms with van der Waals surface area (Å²) >= 11 is 1.51. The largest absolute Gasteiger partial charge is 0.451 e. The van der Waals surface area contributed by atoms with Crippen LogP contribution < -0.4 is 10.2 Å². The van der Waals surface area contributed by atoms with Crippen molar-refractivity contribution >= 4 is 62.2 Å². The first-order valence-corrected chi connectivity index (χ1v) is 15.6. The Morgan fingerprint density at radius 3 is 2.77 bits per heavy atom. The number of H-pyrrole nitrogens is 1. The van der Waals surface area contributed by atoms with E-state index in [9.17, 15) is 14.4 Å². The molecule has 3 aliphatic rings. The SMILES string of the molecule is CCN(CC)c1ccc2cc(C(=O)Nc3ccc4[nH]c(C(=O)N5CC6CC67C5=CC(=O)c5scc(C)c57)cc4c3)oc2c1.